The quantitative estimate of drug-likeness (QED) is 0.599. The first kappa shape index (κ1) is 16.7. The molecule has 0 atom stereocenters. The second-order valence-corrected chi connectivity index (χ2v) is 7.27. The molecule has 1 amide bonds. The van der Waals surface area contributed by atoms with Crippen molar-refractivity contribution in [3.8, 4) is 0 Å². The minimum absolute atomic E-state index is 0.0176. The Labute approximate surface area is 145 Å². The third-order valence-electron chi connectivity index (χ3n) is 3.87. The largest absolute Gasteiger partial charge is 0.462 e. The van der Waals surface area contributed by atoms with E-state index < -0.39 is 0 Å². The summed E-state index contributed by atoms with van der Waals surface area (Å²) in [5.41, 5.74) is 0. The summed E-state index contributed by atoms with van der Waals surface area (Å²) in [6, 6.07) is 3.75. The molecule has 2 aliphatic heterocycles. The molecule has 3 heterocycles. The van der Waals surface area contributed by atoms with Gasteiger partial charge in [-0.1, -0.05) is 24.0 Å². The SMILES string of the molecule is Cc1ccc(C=C2SC(=S)N(CCCN3CCOCC3)C2=O)o1. The Hall–Kier alpha value is -1.15. The number of nitrogens with zero attached hydrogens (tertiary/aromatic N) is 2. The van der Waals surface area contributed by atoms with Gasteiger partial charge in [-0.3, -0.25) is 14.6 Å². The Morgan fingerprint density at radius 1 is 1.30 bits per heavy atom. The van der Waals surface area contributed by atoms with Gasteiger partial charge in [-0.2, -0.15) is 0 Å². The van der Waals surface area contributed by atoms with Crippen molar-refractivity contribution in [3.63, 3.8) is 0 Å². The van der Waals surface area contributed by atoms with Crippen molar-refractivity contribution in [1.82, 2.24) is 9.80 Å². The van der Waals surface area contributed by atoms with Crippen LogP contribution in [0.1, 0.15) is 17.9 Å². The lowest BCUT2D eigenvalue weighted by Crippen LogP contribution is -2.38. The first-order valence-corrected chi connectivity index (χ1v) is 8.98. The molecule has 0 N–H and O–H groups in total. The first-order chi connectivity index (χ1) is 11.1. The molecule has 0 saturated carbocycles. The van der Waals surface area contributed by atoms with Crippen molar-refractivity contribution >= 4 is 40.3 Å². The molecule has 1 aromatic rings. The van der Waals surface area contributed by atoms with Crippen LogP contribution in [0, 0.1) is 6.92 Å². The molecule has 0 bridgehead atoms. The number of rotatable bonds is 5. The Balaban J connectivity index is 1.55. The van der Waals surface area contributed by atoms with E-state index in [1.165, 1.54) is 11.8 Å². The van der Waals surface area contributed by atoms with Crippen LogP contribution >= 0.6 is 24.0 Å². The summed E-state index contributed by atoms with van der Waals surface area (Å²) in [7, 11) is 0. The zero-order valence-electron chi connectivity index (χ0n) is 13.1. The van der Waals surface area contributed by atoms with Crippen molar-refractivity contribution in [1.29, 1.82) is 0 Å². The Kier molecular flexibility index (Phi) is 5.53. The van der Waals surface area contributed by atoms with Crippen molar-refractivity contribution in [2.24, 2.45) is 0 Å². The highest BCUT2D eigenvalue weighted by atomic mass is 32.2. The standard InChI is InChI=1S/C16H20N2O3S2/c1-12-3-4-13(21-12)11-14-15(19)18(16(22)23-14)6-2-5-17-7-9-20-10-8-17/h3-4,11H,2,5-10H2,1H3. The van der Waals surface area contributed by atoms with Gasteiger partial charge in [0.15, 0.2) is 0 Å². The van der Waals surface area contributed by atoms with Crippen LogP contribution in [-0.4, -0.2) is 59.4 Å². The predicted octanol–water partition coefficient (Wildman–Crippen LogP) is 2.51. The number of carbonyl (C=O) groups is 1. The number of ether oxygens (including phenoxy) is 1. The minimum Gasteiger partial charge on any atom is -0.462 e. The average Bonchev–Trinajstić information content (AvgIpc) is 3.06. The van der Waals surface area contributed by atoms with Crippen LogP contribution < -0.4 is 0 Å². The van der Waals surface area contributed by atoms with E-state index in [0.29, 0.717) is 21.5 Å². The van der Waals surface area contributed by atoms with Crippen LogP contribution in [0.5, 0.6) is 0 Å². The normalized spacial score (nSPS) is 21.6. The first-order valence-electron chi connectivity index (χ1n) is 7.75. The van der Waals surface area contributed by atoms with E-state index in [2.05, 4.69) is 4.90 Å². The number of amides is 1. The van der Waals surface area contributed by atoms with Gasteiger partial charge < -0.3 is 9.15 Å². The molecular weight excluding hydrogens is 332 g/mol. The minimum atomic E-state index is -0.0176. The van der Waals surface area contributed by atoms with Gasteiger partial charge in [0.25, 0.3) is 5.91 Å². The summed E-state index contributed by atoms with van der Waals surface area (Å²) in [5.74, 6) is 1.50. The van der Waals surface area contributed by atoms with Gasteiger partial charge in [-0.25, -0.2) is 0 Å². The smallest absolute Gasteiger partial charge is 0.266 e. The topological polar surface area (TPSA) is 45.9 Å². The number of morpholine rings is 1. The molecule has 0 aliphatic carbocycles. The molecule has 1 aromatic heterocycles. The van der Waals surface area contributed by atoms with E-state index in [-0.39, 0.29) is 5.91 Å². The van der Waals surface area contributed by atoms with Gasteiger partial charge >= 0.3 is 0 Å². The Morgan fingerprint density at radius 2 is 2.09 bits per heavy atom. The highest BCUT2D eigenvalue weighted by Crippen LogP contribution is 2.32. The van der Waals surface area contributed by atoms with Gasteiger partial charge in [0.1, 0.15) is 15.8 Å². The van der Waals surface area contributed by atoms with Crippen molar-refractivity contribution in [3.05, 3.63) is 28.6 Å². The summed E-state index contributed by atoms with van der Waals surface area (Å²) >= 11 is 6.70. The van der Waals surface area contributed by atoms with Gasteiger partial charge in [0.2, 0.25) is 0 Å². The molecule has 124 valence electrons. The molecule has 0 unspecified atom stereocenters. The Morgan fingerprint density at radius 3 is 2.78 bits per heavy atom. The van der Waals surface area contributed by atoms with Crippen molar-refractivity contribution in [2.45, 2.75) is 13.3 Å². The molecule has 2 saturated heterocycles. The van der Waals surface area contributed by atoms with Gasteiger partial charge in [0, 0.05) is 32.3 Å². The number of aryl methyl sites for hydroxylation is 1. The zero-order chi connectivity index (χ0) is 16.2. The number of thiocarbonyl (C=S) groups is 1. The molecule has 3 rings (SSSR count). The fourth-order valence-corrected chi connectivity index (χ4v) is 3.92. The summed E-state index contributed by atoms with van der Waals surface area (Å²) < 4.78 is 11.5. The van der Waals surface area contributed by atoms with Gasteiger partial charge in [-0.15, -0.1) is 0 Å². The van der Waals surface area contributed by atoms with E-state index >= 15 is 0 Å². The van der Waals surface area contributed by atoms with Gasteiger partial charge in [-0.05, 0) is 25.5 Å². The molecule has 23 heavy (non-hydrogen) atoms. The highest BCUT2D eigenvalue weighted by molar-refractivity contribution is 8.26. The lowest BCUT2D eigenvalue weighted by atomic mass is 10.3. The van der Waals surface area contributed by atoms with E-state index in [0.717, 1.165) is 45.0 Å². The predicted molar refractivity (Wildman–Crippen MR) is 95.2 cm³/mol. The number of hydrogen-bond donors (Lipinski definition) is 0. The highest BCUT2D eigenvalue weighted by Gasteiger charge is 2.31. The maximum atomic E-state index is 12.5. The monoisotopic (exact) mass is 352 g/mol. The van der Waals surface area contributed by atoms with Crippen LogP contribution in [0.15, 0.2) is 21.5 Å². The number of carbonyl (C=O) groups excluding carboxylic acids is 1. The van der Waals surface area contributed by atoms with E-state index in [9.17, 15) is 4.79 Å². The van der Waals surface area contributed by atoms with Crippen LogP contribution in [0.2, 0.25) is 0 Å². The van der Waals surface area contributed by atoms with Crippen LogP contribution in [-0.2, 0) is 9.53 Å². The molecular formula is C16H20N2O3S2. The summed E-state index contributed by atoms with van der Waals surface area (Å²) in [6.07, 6.45) is 2.69. The fourth-order valence-electron chi connectivity index (χ4n) is 2.63. The number of furan rings is 1. The van der Waals surface area contributed by atoms with Crippen molar-refractivity contribution in [2.75, 3.05) is 39.4 Å². The number of thioether (sulfide) groups is 1. The summed E-state index contributed by atoms with van der Waals surface area (Å²) in [6.45, 7) is 7.05. The fraction of sp³-hybridized carbons (Fsp3) is 0.500. The van der Waals surface area contributed by atoms with Crippen LogP contribution in [0.4, 0.5) is 0 Å². The van der Waals surface area contributed by atoms with E-state index in [1.807, 2.05) is 19.1 Å². The van der Waals surface area contributed by atoms with Crippen LogP contribution in [0.3, 0.4) is 0 Å². The second-order valence-electron chi connectivity index (χ2n) is 5.59. The second kappa shape index (κ2) is 7.61. The molecule has 0 radical (unpaired) electrons. The Bertz CT molecular complexity index is 621. The molecule has 2 fully saturated rings. The van der Waals surface area contributed by atoms with Crippen LogP contribution in [0.25, 0.3) is 6.08 Å². The third kappa shape index (κ3) is 4.23. The lowest BCUT2D eigenvalue weighted by Gasteiger charge is -2.27. The molecule has 5 nitrogen and oxygen atoms in total. The molecule has 0 spiro atoms. The average molecular weight is 352 g/mol. The lowest BCUT2D eigenvalue weighted by molar-refractivity contribution is -0.122. The maximum absolute atomic E-state index is 12.5. The maximum Gasteiger partial charge on any atom is 0.266 e. The summed E-state index contributed by atoms with van der Waals surface area (Å²) in [4.78, 5) is 17.2. The molecule has 7 heteroatoms. The third-order valence-corrected chi connectivity index (χ3v) is 5.25. The van der Waals surface area contributed by atoms with Crippen molar-refractivity contribution < 1.29 is 13.9 Å². The molecule has 0 aromatic carbocycles. The number of hydrogen-bond acceptors (Lipinski definition) is 6. The van der Waals surface area contributed by atoms with Gasteiger partial charge in [0.05, 0.1) is 18.1 Å². The molecule has 2 aliphatic rings. The summed E-state index contributed by atoms with van der Waals surface area (Å²) in [5, 5.41) is 0. The zero-order valence-corrected chi connectivity index (χ0v) is 14.8. The van der Waals surface area contributed by atoms with E-state index in [1.54, 1.807) is 11.0 Å². The van der Waals surface area contributed by atoms with E-state index in [4.69, 9.17) is 21.4 Å².